The summed E-state index contributed by atoms with van der Waals surface area (Å²) in [4.78, 5) is 23.3. The molecule has 2 N–H and O–H groups in total. The van der Waals surface area contributed by atoms with Crippen LogP contribution in [0.1, 0.15) is 30.9 Å². The van der Waals surface area contributed by atoms with Crippen molar-refractivity contribution in [1.29, 1.82) is 0 Å². The van der Waals surface area contributed by atoms with E-state index in [2.05, 4.69) is 41.5 Å². The number of aromatic nitrogens is 2. The van der Waals surface area contributed by atoms with E-state index in [1.54, 1.807) is 18.2 Å². The molecule has 1 amide bonds. The molecule has 3 rings (SSSR count). The lowest BCUT2D eigenvalue weighted by Crippen LogP contribution is -2.08. The number of H-pyrrole nitrogens is 1. The van der Waals surface area contributed by atoms with E-state index < -0.39 is 0 Å². The van der Waals surface area contributed by atoms with Gasteiger partial charge in [0.15, 0.2) is 0 Å². The number of nitrogens with one attached hydrogen (secondary N) is 2. The average Bonchev–Trinajstić information content (AvgIpc) is 2.67. The third-order valence-electron chi connectivity index (χ3n) is 4.14. The summed E-state index contributed by atoms with van der Waals surface area (Å²) < 4.78 is 0. The van der Waals surface area contributed by atoms with Crippen LogP contribution in [0, 0.1) is 0 Å². The zero-order chi connectivity index (χ0) is 19.2. The van der Waals surface area contributed by atoms with Gasteiger partial charge in [-0.25, -0.2) is 5.10 Å². The van der Waals surface area contributed by atoms with Crippen LogP contribution in [0.25, 0.3) is 17.3 Å². The molecular formula is C22H21N3O2. The van der Waals surface area contributed by atoms with Gasteiger partial charge in [-0.2, -0.15) is 5.10 Å². The maximum atomic E-state index is 12.2. The molecule has 0 atom stereocenters. The molecule has 0 radical (unpaired) electrons. The summed E-state index contributed by atoms with van der Waals surface area (Å²) in [5, 5.41) is 9.24. The first-order valence-corrected chi connectivity index (χ1v) is 8.76. The van der Waals surface area contributed by atoms with Gasteiger partial charge in [0, 0.05) is 23.4 Å². The Morgan fingerprint density at radius 3 is 2.52 bits per heavy atom. The number of benzene rings is 2. The lowest BCUT2D eigenvalue weighted by molar-refractivity contribution is -0.111. The second-order valence-corrected chi connectivity index (χ2v) is 6.53. The van der Waals surface area contributed by atoms with E-state index in [0.29, 0.717) is 17.3 Å². The first-order valence-electron chi connectivity index (χ1n) is 8.76. The fourth-order valence-corrected chi connectivity index (χ4v) is 2.61. The third-order valence-corrected chi connectivity index (χ3v) is 4.14. The molecule has 0 fully saturated rings. The van der Waals surface area contributed by atoms with Crippen molar-refractivity contribution in [2.75, 3.05) is 5.32 Å². The molecule has 0 saturated heterocycles. The van der Waals surface area contributed by atoms with E-state index in [1.165, 1.54) is 17.7 Å². The number of amides is 1. The largest absolute Gasteiger partial charge is 0.322 e. The van der Waals surface area contributed by atoms with Crippen LogP contribution < -0.4 is 10.9 Å². The molecule has 0 aliphatic carbocycles. The molecule has 0 aliphatic heterocycles. The first kappa shape index (κ1) is 18.3. The summed E-state index contributed by atoms with van der Waals surface area (Å²) >= 11 is 0. The molecule has 5 nitrogen and oxygen atoms in total. The molecule has 0 saturated carbocycles. The predicted molar refractivity (Wildman–Crippen MR) is 108 cm³/mol. The highest BCUT2D eigenvalue weighted by Crippen LogP contribution is 2.20. The first-order chi connectivity index (χ1) is 13.0. The molecule has 0 bridgehead atoms. The second kappa shape index (κ2) is 8.27. The van der Waals surface area contributed by atoms with Gasteiger partial charge < -0.3 is 5.32 Å². The Morgan fingerprint density at radius 2 is 1.85 bits per heavy atom. The SMILES string of the molecule is CC(C)c1ccc(/C=C/C(=O)Nc2cccc(-c3ccc(=O)[nH]n3)c2)cc1. The summed E-state index contributed by atoms with van der Waals surface area (Å²) in [6, 6.07) is 18.5. The van der Waals surface area contributed by atoms with Crippen LogP contribution in [0.3, 0.4) is 0 Å². The zero-order valence-electron chi connectivity index (χ0n) is 15.3. The van der Waals surface area contributed by atoms with Gasteiger partial charge in [-0.3, -0.25) is 9.59 Å². The van der Waals surface area contributed by atoms with E-state index >= 15 is 0 Å². The summed E-state index contributed by atoms with van der Waals surface area (Å²) in [6.07, 6.45) is 3.29. The molecule has 0 spiro atoms. The number of hydrogen-bond donors (Lipinski definition) is 2. The fraction of sp³-hybridized carbons (Fsp3) is 0.136. The van der Waals surface area contributed by atoms with Crippen LogP contribution in [0.5, 0.6) is 0 Å². The van der Waals surface area contributed by atoms with Crippen molar-refractivity contribution < 1.29 is 4.79 Å². The summed E-state index contributed by atoms with van der Waals surface area (Å²) in [6.45, 7) is 4.30. The van der Waals surface area contributed by atoms with Crippen molar-refractivity contribution in [3.05, 3.63) is 88.2 Å². The average molecular weight is 359 g/mol. The monoisotopic (exact) mass is 359 g/mol. The highest BCUT2D eigenvalue weighted by molar-refractivity contribution is 6.02. The maximum absolute atomic E-state index is 12.2. The van der Waals surface area contributed by atoms with Gasteiger partial charge in [-0.05, 0) is 41.3 Å². The molecule has 27 heavy (non-hydrogen) atoms. The normalized spacial score (nSPS) is 11.1. The topological polar surface area (TPSA) is 74.8 Å². The third kappa shape index (κ3) is 5.01. The van der Waals surface area contributed by atoms with Crippen LogP contribution in [-0.2, 0) is 4.79 Å². The Labute approximate surface area is 157 Å². The molecule has 0 aliphatic rings. The van der Waals surface area contributed by atoms with Crippen LogP contribution in [-0.4, -0.2) is 16.1 Å². The van der Waals surface area contributed by atoms with E-state index in [9.17, 15) is 9.59 Å². The summed E-state index contributed by atoms with van der Waals surface area (Å²) in [7, 11) is 0. The Balaban J connectivity index is 1.68. The minimum atomic E-state index is -0.255. The van der Waals surface area contributed by atoms with Crippen LogP contribution in [0.2, 0.25) is 0 Å². The van der Waals surface area contributed by atoms with Crippen molar-refractivity contribution in [1.82, 2.24) is 10.2 Å². The molecule has 2 aromatic carbocycles. The van der Waals surface area contributed by atoms with Gasteiger partial charge in [0.1, 0.15) is 0 Å². The van der Waals surface area contributed by atoms with Gasteiger partial charge >= 0.3 is 0 Å². The highest BCUT2D eigenvalue weighted by Gasteiger charge is 2.03. The molecule has 1 heterocycles. The fourth-order valence-electron chi connectivity index (χ4n) is 2.61. The summed E-state index contributed by atoms with van der Waals surface area (Å²) in [5.74, 6) is 0.269. The van der Waals surface area contributed by atoms with Gasteiger partial charge in [0.05, 0.1) is 5.69 Å². The lowest BCUT2D eigenvalue weighted by atomic mass is 10.0. The number of carbonyl (C=O) groups excluding carboxylic acids is 1. The number of rotatable bonds is 5. The molecule has 0 unspecified atom stereocenters. The molecule has 5 heteroatoms. The molecule has 136 valence electrons. The van der Waals surface area contributed by atoms with Gasteiger partial charge in [0.2, 0.25) is 5.91 Å². The Bertz CT molecular complexity index is 998. The van der Waals surface area contributed by atoms with Crippen molar-refractivity contribution in [3.8, 4) is 11.3 Å². The van der Waals surface area contributed by atoms with Gasteiger partial charge in [0.25, 0.3) is 5.56 Å². The van der Waals surface area contributed by atoms with Crippen molar-refractivity contribution in [3.63, 3.8) is 0 Å². The molecular weight excluding hydrogens is 338 g/mol. The van der Waals surface area contributed by atoms with E-state index in [-0.39, 0.29) is 11.5 Å². The van der Waals surface area contributed by atoms with Crippen LogP contribution in [0.4, 0.5) is 5.69 Å². The van der Waals surface area contributed by atoms with Crippen molar-refractivity contribution >= 4 is 17.7 Å². The Morgan fingerprint density at radius 1 is 1.07 bits per heavy atom. The van der Waals surface area contributed by atoms with E-state index in [4.69, 9.17) is 0 Å². The Hall–Kier alpha value is -3.47. The number of hydrogen-bond acceptors (Lipinski definition) is 3. The minimum absolute atomic E-state index is 0.213. The lowest BCUT2D eigenvalue weighted by Gasteiger charge is -2.06. The molecule has 1 aromatic heterocycles. The van der Waals surface area contributed by atoms with Crippen LogP contribution in [0.15, 0.2) is 71.5 Å². The van der Waals surface area contributed by atoms with Gasteiger partial charge in [-0.1, -0.05) is 50.2 Å². The highest BCUT2D eigenvalue weighted by atomic mass is 16.1. The Kier molecular flexibility index (Phi) is 5.61. The predicted octanol–water partition coefficient (Wildman–Crippen LogP) is 4.21. The minimum Gasteiger partial charge on any atom is -0.322 e. The maximum Gasteiger partial charge on any atom is 0.264 e. The van der Waals surface area contributed by atoms with E-state index in [0.717, 1.165) is 11.1 Å². The number of anilines is 1. The van der Waals surface area contributed by atoms with Crippen molar-refractivity contribution in [2.24, 2.45) is 0 Å². The van der Waals surface area contributed by atoms with E-state index in [1.807, 2.05) is 30.3 Å². The number of nitrogens with zero attached hydrogens (tertiary/aromatic N) is 1. The van der Waals surface area contributed by atoms with Crippen LogP contribution >= 0.6 is 0 Å². The van der Waals surface area contributed by atoms with Crippen molar-refractivity contribution in [2.45, 2.75) is 19.8 Å². The standard InChI is InChI=1S/C22H21N3O2/c1-15(2)17-9-6-16(7-10-17)8-12-21(26)23-19-5-3-4-18(14-19)20-11-13-22(27)25-24-20/h3-15H,1-2H3,(H,23,26)(H,25,27)/b12-8+. The zero-order valence-corrected chi connectivity index (χ0v) is 15.3. The number of aromatic amines is 1. The quantitative estimate of drug-likeness (QED) is 0.670. The second-order valence-electron chi connectivity index (χ2n) is 6.53. The number of carbonyl (C=O) groups is 1. The smallest absolute Gasteiger partial charge is 0.264 e. The molecule has 3 aromatic rings. The van der Waals surface area contributed by atoms with Gasteiger partial charge in [-0.15, -0.1) is 0 Å². The summed E-state index contributed by atoms with van der Waals surface area (Å²) in [5.41, 5.74) is 4.08.